The van der Waals surface area contributed by atoms with E-state index in [1.54, 1.807) is 0 Å². The molecule has 0 heterocycles. The summed E-state index contributed by atoms with van der Waals surface area (Å²) in [6.45, 7) is 4.70. The van der Waals surface area contributed by atoms with Gasteiger partial charge in [-0.1, -0.05) is 63.8 Å². The highest BCUT2D eigenvalue weighted by Gasteiger charge is 2.87. The highest BCUT2D eigenvalue weighted by molar-refractivity contribution is 5.44. The minimum Gasteiger partial charge on any atom is -0.392 e. The molecule has 7 bridgehead atoms. The second-order valence-corrected chi connectivity index (χ2v) is 14.1. The third-order valence-electron chi connectivity index (χ3n) is 12.9. The molecular weight excluding hydrogens is 406 g/mol. The van der Waals surface area contributed by atoms with Crippen molar-refractivity contribution >= 4 is 0 Å². The molecule has 0 unspecified atom stereocenters. The number of hydrogen-bond acceptors (Lipinski definition) is 3. The Morgan fingerprint density at radius 2 is 1.88 bits per heavy atom. The van der Waals surface area contributed by atoms with Crippen LogP contribution in [0, 0.1) is 51.2 Å². The van der Waals surface area contributed by atoms with Crippen LogP contribution in [0.25, 0.3) is 0 Å². The maximum Gasteiger partial charge on any atom is 0.0724 e. The van der Waals surface area contributed by atoms with Gasteiger partial charge in [-0.2, -0.15) is 0 Å². The van der Waals surface area contributed by atoms with Crippen molar-refractivity contribution in [3.8, 4) is 0 Å². The molecule has 0 radical (unpaired) electrons. The highest BCUT2D eigenvalue weighted by Crippen LogP contribution is 2.88. The maximum absolute atomic E-state index is 12.7. The lowest BCUT2D eigenvalue weighted by Gasteiger charge is -2.76. The van der Waals surface area contributed by atoms with Crippen LogP contribution in [-0.4, -0.2) is 35.0 Å². The third-order valence-corrected chi connectivity index (χ3v) is 12.9. The van der Waals surface area contributed by atoms with Gasteiger partial charge in [0.05, 0.1) is 11.7 Å². The smallest absolute Gasteiger partial charge is 0.0724 e. The summed E-state index contributed by atoms with van der Waals surface area (Å²) in [5, 5.41) is 29.1. The van der Waals surface area contributed by atoms with Crippen molar-refractivity contribution < 1.29 is 10.2 Å². The predicted octanol–water partition coefficient (Wildman–Crippen LogP) is 5.23. The van der Waals surface area contributed by atoms with Gasteiger partial charge in [-0.25, -0.2) is 0 Å². The lowest BCUT2D eigenvalue weighted by Crippen LogP contribution is -2.77. The Hall–Kier alpha value is -0.640. The standard InChI is InChI=1S/C30H45NO2/c1-4-5-6-7-19-12-23-24(31-3)21-10-11-30-25(32)22-9-8-20-13-26(22,2)17-29(33,15-20)28(30,16-21)18-27(23,30)14-19/h8-11,19-25,31-33H,4-7,12-18H2,1-3H3/t19-,20-,21-,22+,23+,24-,25+,26-,27+,28+,29-,30+/m1/s1. The van der Waals surface area contributed by atoms with Crippen LogP contribution in [0.1, 0.15) is 84.5 Å². The van der Waals surface area contributed by atoms with E-state index in [0.29, 0.717) is 23.8 Å². The number of allylic oxidation sites excluding steroid dienone is 1. The Labute approximate surface area is 200 Å². The summed E-state index contributed by atoms with van der Waals surface area (Å²) in [4.78, 5) is 0. The SMILES string of the molecule is CCCCC[C@@H]1C[C@H]2[C@H](NC)[C@@H]3C=C[C@@]45[C@@H](O)[C@@H]6C=C[C@@H]7C[C@]6(C)C[C@](O)(C7)[C@]4(C3)C[C@@]25C1. The normalized spacial score (nSPS) is 61.3. The second kappa shape index (κ2) is 6.56. The maximum atomic E-state index is 12.7. The Morgan fingerprint density at radius 3 is 2.67 bits per heavy atom. The fourth-order valence-electron chi connectivity index (χ4n) is 12.2. The summed E-state index contributed by atoms with van der Waals surface area (Å²) in [6, 6.07) is 0.488. The first-order valence-corrected chi connectivity index (χ1v) is 14.2. The van der Waals surface area contributed by atoms with E-state index >= 15 is 0 Å². The number of aliphatic hydroxyl groups is 2. The monoisotopic (exact) mass is 451 g/mol. The van der Waals surface area contributed by atoms with Gasteiger partial charge in [-0.3, -0.25) is 0 Å². The molecule has 182 valence electrons. The summed E-state index contributed by atoms with van der Waals surface area (Å²) in [5.41, 5.74) is -0.885. The van der Waals surface area contributed by atoms with E-state index in [1.165, 1.54) is 38.5 Å². The van der Waals surface area contributed by atoms with Crippen LogP contribution in [0.3, 0.4) is 0 Å². The van der Waals surface area contributed by atoms with Gasteiger partial charge in [-0.05, 0) is 86.5 Å². The Bertz CT molecular complexity index is 913. The van der Waals surface area contributed by atoms with E-state index in [0.717, 1.165) is 38.0 Å². The number of nitrogens with one attached hydrogen (secondary N) is 1. The number of aliphatic hydroxyl groups excluding tert-OH is 1. The van der Waals surface area contributed by atoms with Crippen LogP contribution < -0.4 is 5.32 Å². The van der Waals surface area contributed by atoms with Crippen molar-refractivity contribution in [2.45, 2.75) is 102 Å². The first kappa shape index (κ1) is 21.6. The zero-order valence-corrected chi connectivity index (χ0v) is 21.0. The van der Waals surface area contributed by atoms with Crippen LogP contribution >= 0.6 is 0 Å². The van der Waals surface area contributed by atoms with Gasteiger partial charge in [-0.15, -0.1) is 0 Å². The molecule has 9 aliphatic carbocycles. The van der Waals surface area contributed by atoms with Gasteiger partial charge in [0, 0.05) is 22.8 Å². The summed E-state index contributed by atoms with van der Waals surface area (Å²) in [6.07, 6.45) is 22.5. The van der Waals surface area contributed by atoms with E-state index in [9.17, 15) is 10.2 Å². The van der Waals surface area contributed by atoms with Gasteiger partial charge in [0.2, 0.25) is 0 Å². The van der Waals surface area contributed by atoms with E-state index in [4.69, 9.17) is 0 Å². The van der Waals surface area contributed by atoms with E-state index in [2.05, 4.69) is 50.5 Å². The molecule has 3 spiro atoms. The molecule has 0 aromatic rings. The van der Waals surface area contributed by atoms with Crippen molar-refractivity contribution in [2.24, 2.45) is 51.2 Å². The summed E-state index contributed by atoms with van der Waals surface area (Å²) in [7, 11) is 2.17. The number of hydrogen-bond donors (Lipinski definition) is 3. The van der Waals surface area contributed by atoms with Crippen molar-refractivity contribution in [3.63, 3.8) is 0 Å². The zero-order valence-electron chi connectivity index (χ0n) is 21.0. The van der Waals surface area contributed by atoms with Crippen molar-refractivity contribution in [2.75, 3.05) is 7.05 Å². The average molecular weight is 452 g/mol. The molecule has 12 atom stereocenters. The van der Waals surface area contributed by atoms with Gasteiger partial charge in [0.15, 0.2) is 0 Å². The van der Waals surface area contributed by atoms with Crippen molar-refractivity contribution in [1.82, 2.24) is 5.32 Å². The van der Waals surface area contributed by atoms with Crippen LogP contribution in [0.15, 0.2) is 24.3 Å². The quantitative estimate of drug-likeness (QED) is 0.396. The van der Waals surface area contributed by atoms with Crippen LogP contribution in [0.4, 0.5) is 0 Å². The van der Waals surface area contributed by atoms with E-state index in [1.807, 2.05) is 0 Å². The van der Waals surface area contributed by atoms with Crippen molar-refractivity contribution in [3.05, 3.63) is 24.3 Å². The highest BCUT2D eigenvalue weighted by atomic mass is 16.3. The molecule has 0 aromatic heterocycles. The Kier molecular flexibility index (Phi) is 4.30. The lowest BCUT2D eigenvalue weighted by molar-refractivity contribution is -0.317. The average Bonchev–Trinajstić information content (AvgIpc) is 3.00. The molecule has 3 heteroatoms. The molecule has 6 fully saturated rings. The molecule has 3 nitrogen and oxygen atoms in total. The van der Waals surface area contributed by atoms with Crippen molar-refractivity contribution in [1.29, 1.82) is 0 Å². The van der Waals surface area contributed by atoms with Gasteiger partial charge in [0.1, 0.15) is 0 Å². The summed E-state index contributed by atoms with van der Waals surface area (Å²) in [5.74, 6) is 2.54. The molecular formula is C30H45NO2. The topological polar surface area (TPSA) is 52.5 Å². The molecule has 9 rings (SSSR count). The molecule has 0 amide bonds. The van der Waals surface area contributed by atoms with Crippen LogP contribution in [-0.2, 0) is 0 Å². The largest absolute Gasteiger partial charge is 0.392 e. The molecule has 6 saturated carbocycles. The molecule has 0 aliphatic heterocycles. The van der Waals surface area contributed by atoms with Gasteiger partial charge >= 0.3 is 0 Å². The minimum atomic E-state index is -0.646. The number of rotatable bonds is 5. The second-order valence-electron chi connectivity index (χ2n) is 14.1. The fraction of sp³-hybridized carbons (Fsp3) is 0.867. The van der Waals surface area contributed by atoms with Crippen LogP contribution in [0.2, 0.25) is 0 Å². The van der Waals surface area contributed by atoms with E-state index in [-0.39, 0.29) is 33.7 Å². The number of fused-ring (bicyclic) bond motifs is 2. The fourth-order valence-corrected chi connectivity index (χ4v) is 12.2. The molecule has 9 aliphatic rings. The van der Waals surface area contributed by atoms with Gasteiger partial charge in [0.25, 0.3) is 0 Å². The zero-order chi connectivity index (χ0) is 22.9. The Balaban J connectivity index is 1.41. The Morgan fingerprint density at radius 1 is 1.03 bits per heavy atom. The molecule has 0 aromatic carbocycles. The first-order valence-electron chi connectivity index (χ1n) is 14.2. The first-order chi connectivity index (χ1) is 15.8. The predicted molar refractivity (Wildman–Crippen MR) is 131 cm³/mol. The molecule has 33 heavy (non-hydrogen) atoms. The minimum absolute atomic E-state index is 0.0221. The lowest BCUT2D eigenvalue weighted by atomic mass is 9.28. The summed E-state index contributed by atoms with van der Waals surface area (Å²) >= 11 is 0. The number of unbranched alkanes of at least 4 members (excludes halogenated alkanes) is 2. The summed E-state index contributed by atoms with van der Waals surface area (Å²) < 4.78 is 0. The third kappa shape index (κ3) is 2.22. The molecule has 0 saturated heterocycles. The van der Waals surface area contributed by atoms with E-state index < -0.39 is 5.60 Å². The van der Waals surface area contributed by atoms with Gasteiger partial charge < -0.3 is 15.5 Å². The van der Waals surface area contributed by atoms with Crippen LogP contribution in [0.5, 0.6) is 0 Å². The molecule has 3 N–H and O–H groups in total.